The summed E-state index contributed by atoms with van der Waals surface area (Å²) in [6, 6.07) is 6.77. The molecule has 1 aromatic heterocycles. The van der Waals surface area contributed by atoms with Crippen LogP contribution >= 0.6 is 0 Å². The van der Waals surface area contributed by atoms with Crippen LogP contribution in [-0.2, 0) is 12.8 Å². The Morgan fingerprint density at radius 3 is 3.17 bits per heavy atom. The maximum Gasteiger partial charge on any atom is 0.0953 e. The van der Waals surface area contributed by atoms with E-state index in [1.807, 2.05) is 18.6 Å². The third-order valence-corrected chi connectivity index (χ3v) is 3.89. The van der Waals surface area contributed by atoms with Crippen molar-refractivity contribution >= 4 is 5.69 Å². The summed E-state index contributed by atoms with van der Waals surface area (Å²) in [6.45, 7) is 2.18. The Morgan fingerprint density at radius 2 is 2.33 bits per heavy atom. The van der Waals surface area contributed by atoms with Crippen molar-refractivity contribution in [2.45, 2.75) is 38.6 Å². The predicted octanol–water partition coefficient (Wildman–Crippen LogP) is 2.95. The molecule has 18 heavy (non-hydrogen) atoms. The molecule has 0 fully saturated rings. The average Bonchev–Trinajstić information content (AvgIpc) is 2.85. The molecule has 0 spiro atoms. The predicted molar refractivity (Wildman–Crippen MR) is 73.5 cm³/mol. The molecule has 0 aliphatic heterocycles. The first-order valence-electron chi connectivity index (χ1n) is 6.68. The molecule has 3 rings (SSSR count). The smallest absolute Gasteiger partial charge is 0.0953 e. The summed E-state index contributed by atoms with van der Waals surface area (Å²) in [4.78, 5) is 4.30. The standard InChI is InChI=1S/C15H19N3/c1-2-13-9-17-10-18(13)15-5-3-4-11-8-12(16)6-7-14(11)15/h6-10,15H,2-5,16H2,1H3. The summed E-state index contributed by atoms with van der Waals surface area (Å²) in [5.74, 6) is 0. The van der Waals surface area contributed by atoms with Crippen LogP contribution in [0.2, 0.25) is 0 Å². The van der Waals surface area contributed by atoms with E-state index in [0.717, 1.165) is 18.5 Å². The van der Waals surface area contributed by atoms with Gasteiger partial charge in [0, 0.05) is 17.6 Å². The second kappa shape index (κ2) is 4.48. The van der Waals surface area contributed by atoms with Gasteiger partial charge in [-0.15, -0.1) is 0 Å². The van der Waals surface area contributed by atoms with Gasteiger partial charge in [0.1, 0.15) is 0 Å². The fraction of sp³-hybridized carbons (Fsp3) is 0.400. The second-order valence-corrected chi connectivity index (χ2v) is 5.01. The number of fused-ring (bicyclic) bond motifs is 1. The number of aromatic nitrogens is 2. The van der Waals surface area contributed by atoms with E-state index >= 15 is 0 Å². The molecule has 0 saturated heterocycles. The topological polar surface area (TPSA) is 43.8 Å². The third-order valence-electron chi connectivity index (χ3n) is 3.89. The molecule has 2 aromatic rings. The molecule has 0 amide bonds. The molecule has 1 aromatic carbocycles. The van der Waals surface area contributed by atoms with Crippen LogP contribution in [0.5, 0.6) is 0 Å². The largest absolute Gasteiger partial charge is 0.399 e. The first-order valence-corrected chi connectivity index (χ1v) is 6.68. The zero-order valence-corrected chi connectivity index (χ0v) is 10.8. The van der Waals surface area contributed by atoms with Crippen molar-refractivity contribution in [1.82, 2.24) is 9.55 Å². The minimum absolute atomic E-state index is 0.437. The van der Waals surface area contributed by atoms with Gasteiger partial charge in [-0.2, -0.15) is 0 Å². The molecule has 3 nitrogen and oxygen atoms in total. The molecule has 0 bridgehead atoms. The van der Waals surface area contributed by atoms with Crippen molar-refractivity contribution in [3.8, 4) is 0 Å². The summed E-state index contributed by atoms with van der Waals surface area (Å²) in [5, 5.41) is 0. The van der Waals surface area contributed by atoms with Crippen molar-refractivity contribution in [3.05, 3.63) is 47.5 Å². The SMILES string of the molecule is CCc1cncn1C1CCCc2cc(N)ccc21. The number of nitrogens with two attached hydrogens (primary N) is 1. The van der Waals surface area contributed by atoms with Crippen molar-refractivity contribution in [3.63, 3.8) is 0 Å². The minimum Gasteiger partial charge on any atom is -0.399 e. The van der Waals surface area contributed by atoms with E-state index < -0.39 is 0 Å². The molecule has 2 N–H and O–H groups in total. The van der Waals surface area contributed by atoms with E-state index in [0.29, 0.717) is 6.04 Å². The van der Waals surface area contributed by atoms with Gasteiger partial charge in [0.05, 0.1) is 12.4 Å². The molecule has 94 valence electrons. The van der Waals surface area contributed by atoms with Crippen LogP contribution in [0.15, 0.2) is 30.7 Å². The molecular formula is C15H19N3. The number of nitrogen functional groups attached to an aromatic ring is 1. The molecule has 1 atom stereocenters. The Balaban J connectivity index is 2.06. The number of imidazole rings is 1. The zero-order chi connectivity index (χ0) is 12.5. The highest BCUT2D eigenvalue weighted by molar-refractivity contribution is 5.47. The molecule has 1 heterocycles. The highest BCUT2D eigenvalue weighted by Crippen LogP contribution is 2.34. The second-order valence-electron chi connectivity index (χ2n) is 5.01. The summed E-state index contributed by atoms with van der Waals surface area (Å²) in [5.41, 5.74) is 10.9. The normalized spacial score (nSPS) is 18.6. The lowest BCUT2D eigenvalue weighted by Gasteiger charge is -2.28. The number of rotatable bonds is 2. The van der Waals surface area contributed by atoms with Crippen molar-refractivity contribution in [1.29, 1.82) is 0 Å². The van der Waals surface area contributed by atoms with Gasteiger partial charge < -0.3 is 10.3 Å². The Labute approximate surface area is 108 Å². The van der Waals surface area contributed by atoms with Crippen LogP contribution in [0.3, 0.4) is 0 Å². The Kier molecular flexibility index (Phi) is 2.82. The van der Waals surface area contributed by atoms with Crippen molar-refractivity contribution in [2.24, 2.45) is 0 Å². The monoisotopic (exact) mass is 241 g/mol. The molecule has 0 saturated carbocycles. The van der Waals surface area contributed by atoms with E-state index in [-0.39, 0.29) is 0 Å². The fourth-order valence-corrected chi connectivity index (χ4v) is 2.98. The van der Waals surface area contributed by atoms with E-state index in [4.69, 9.17) is 5.73 Å². The summed E-state index contributed by atoms with van der Waals surface area (Å²) in [7, 11) is 0. The van der Waals surface area contributed by atoms with Crippen LogP contribution in [-0.4, -0.2) is 9.55 Å². The van der Waals surface area contributed by atoms with E-state index in [1.54, 1.807) is 0 Å². The highest BCUT2D eigenvalue weighted by atomic mass is 15.1. The van der Waals surface area contributed by atoms with Gasteiger partial charge in [0.2, 0.25) is 0 Å². The summed E-state index contributed by atoms with van der Waals surface area (Å²) >= 11 is 0. The fourth-order valence-electron chi connectivity index (χ4n) is 2.98. The molecule has 0 radical (unpaired) electrons. The van der Waals surface area contributed by atoms with Crippen LogP contribution in [0.1, 0.15) is 42.6 Å². The Bertz CT molecular complexity index is 557. The number of aryl methyl sites for hydroxylation is 2. The van der Waals surface area contributed by atoms with Crippen molar-refractivity contribution in [2.75, 3.05) is 5.73 Å². The first kappa shape index (κ1) is 11.3. The van der Waals surface area contributed by atoms with Crippen LogP contribution in [0.4, 0.5) is 5.69 Å². The number of benzene rings is 1. The van der Waals surface area contributed by atoms with Crippen LogP contribution in [0.25, 0.3) is 0 Å². The minimum atomic E-state index is 0.437. The van der Waals surface area contributed by atoms with Gasteiger partial charge in [-0.3, -0.25) is 0 Å². The number of anilines is 1. The Morgan fingerprint density at radius 1 is 1.44 bits per heavy atom. The third kappa shape index (κ3) is 1.80. The van der Waals surface area contributed by atoms with E-state index in [9.17, 15) is 0 Å². The number of nitrogens with zero attached hydrogens (tertiary/aromatic N) is 2. The van der Waals surface area contributed by atoms with Crippen molar-refractivity contribution < 1.29 is 0 Å². The van der Waals surface area contributed by atoms with Gasteiger partial charge >= 0.3 is 0 Å². The van der Waals surface area contributed by atoms with Gasteiger partial charge in [-0.1, -0.05) is 13.0 Å². The molecular weight excluding hydrogens is 222 g/mol. The molecule has 1 aliphatic carbocycles. The van der Waals surface area contributed by atoms with Crippen LogP contribution < -0.4 is 5.73 Å². The highest BCUT2D eigenvalue weighted by Gasteiger charge is 2.22. The lowest BCUT2D eigenvalue weighted by molar-refractivity contribution is 0.478. The lowest BCUT2D eigenvalue weighted by atomic mass is 9.87. The van der Waals surface area contributed by atoms with E-state index in [1.165, 1.54) is 29.7 Å². The molecule has 1 unspecified atom stereocenters. The number of hydrogen-bond donors (Lipinski definition) is 1. The molecule has 3 heteroatoms. The number of hydrogen-bond acceptors (Lipinski definition) is 2. The summed E-state index contributed by atoms with van der Waals surface area (Å²) in [6.07, 6.45) is 8.54. The maximum absolute atomic E-state index is 5.88. The van der Waals surface area contributed by atoms with Gasteiger partial charge in [0.25, 0.3) is 0 Å². The van der Waals surface area contributed by atoms with E-state index in [2.05, 4.69) is 28.6 Å². The Hall–Kier alpha value is -1.77. The zero-order valence-electron chi connectivity index (χ0n) is 10.8. The average molecular weight is 241 g/mol. The maximum atomic E-state index is 5.88. The lowest BCUT2D eigenvalue weighted by Crippen LogP contribution is -2.18. The first-order chi connectivity index (χ1) is 8.79. The quantitative estimate of drug-likeness (QED) is 0.821. The van der Waals surface area contributed by atoms with Gasteiger partial charge in [-0.05, 0) is 48.9 Å². The molecule has 1 aliphatic rings. The van der Waals surface area contributed by atoms with Gasteiger partial charge in [-0.25, -0.2) is 4.98 Å². The van der Waals surface area contributed by atoms with Gasteiger partial charge in [0.15, 0.2) is 0 Å². The summed E-state index contributed by atoms with van der Waals surface area (Å²) < 4.78 is 2.33. The van der Waals surface area contributed by atoms with Crippen LogP contribution in [0, 0.1) is 0 Å².